The molecule has 1 saturated heterocycles. The molecule has 1 aliphatic heterocycles. The van der Waals surface area contributed by atoms with Crippen molar-refractivity contribution in [2.75, 3.05) is 13.2 Å². The number of rotatable bonds is 3. The van der Waals surface area contributed by atoms with Crippen LogP contribution in [0.25, 0.3) is 0 Å². The lowest BCUT2D eigenvalue weighted by molar-refractivity contribution is -0.121. The molecule has 1 atom stereocenters. The van der Waals surface area contributed by atoms with Gasteiger partial charge in [-0.05, 0) is 0 Å². The van der Waals surface area contributed by atoms with Crippen LogP contribution in [-0.2, 0) is 9.53 Å². The van der Waals surface area contributed by atoms with Crippen LogP contribution in [0, 0.1) is 0 Å². The molecule has 0 unspecified atom stereocenters. The standard InChI is InChI=1S/C7H11N3O3/c1-2-3-13-7(12)9-5-4-8-10-6(5)11/h2,5,8H,1,3-4H2,(H,9,12)(H,10,11)/t5-/m1/s1. The SMILES string of the molecule is C=CCOC(=O)N[C@@H]1CNNC1=O. The Morgan fingerprint density at radius 1 is 1.85 bits per heavy atom. The maximum Gasteiger partial charge on any atom is 0.408 e. The molecule has 2 amide bonds. The molecule has 0 radical (unpaired) electrons. The molecule has 13 heavy (non-hydrogen) atoms. The van der Waals surface area contributed by atoms with E-state index in [1.165, 1.54) is 6.08 Å². The van der Waals surface area contributed by atoms with Gasteiger partial charge in [0.25, 0.3) is 5.91 Å². The van der Waals surface area contributed by atoms with Crippen molar-refractivity contribution >= 4 is 12.0 Å². The Labute approximate surface area is 75.3 Å². The molecular weight excluding hydrogens is 174 g/mol. The molecule has 3 N–H and O–H groups in total. The summed E-state index contributed by atoms with van der Waals surface area (Å²) in [6, 6.07) is -0.558. The van der Waals surface area contributed by atoms with Crippen molar-refractivity contribution in [3.05, 3.63) is 12.7 Å². The first-order valence-electron chi connectivity index (χ1n) is 3.81. The van der Waals surface area contributed by atoms with Crippen molar-refractivity contribution in [3.63, 3.8) is 0 Å². The van der Waals surface area contributed by atoms with Crippen LogP contribution in [0.15, 0.2) is 12.7 Å². The highest BCUT2D eigenvalue weighted by Crippen LogP contribution is 1.89. The molecular formula is C7H11N3O3. The van der Waals surface area contributed by atoms with Gasteiger partial charge in [0.05, 0.1) is 0 Å². The smallest absolute Gasteiger partial charge is 0.408 e. The van der Waals surface area contributed by atoms with Crippen LogP contribution in [0.1, 0.15) is 0 Å². The van der Waals surface area contributed by atoms with Crippen LogP contribution in [0.3, 0.4) is 0 Å². The highest BCUT2D eigenvalue weighted by Gasteiger charge is 2.25. The third-order valence-corrected chi connectivity index (χ3v) is 1.46. The monoisotopic (exact) mass is 185 g/mol. The van der Waals surface area contributed by atoms with Gasteiger partial charge in [0.15, 0.2) is 0 Å². The highest BCUT2D eigenvalue weighted by molar-refractivity contribution is 5.87. The molecule has 1 aliphatic rings. The van der Waals surface area contributed by atoms with Crippen molar-refractivity contribution in [1.82, 2.24) is 16.2 Å². The van der Waals surface area contributed by atoms with E-state index in [2.05, 4.69) is 27.5 Å². The maximum absolute atomic E-state index is 10.9. The van der Waals surface area contributed by atoms with Crippen molar-refractivity contribution in [1.29, 1.82) is 0 Å². The minimum absolute atomic E-state index is 0.133. The molecule has 0 aliphatic carbocycles. The largest absolute Gasteiger partial charge is 0.445 e. The Hall–Kier alpha value is -1.56. The highest BCUT2D eigenvalue weighted by atomic mass is 16.5. The lowest BCUT2D eigenvalue weighted by Gasteiger charge is -2.08. The second-order valence-electron chi connectivity index (χ2n) is 2.45. The summed E-state index contributed by atoms with van der Waals surface area (Å²) < 4.78 is 4.63. The van der Waals surface area contributed by atoms with Crippen LogP contribution in [0.5, 0.6) is 0 Å². The van der Waals surface area contributed by atoms with E-state index in [4.69, 9.17) is 0 Å². The topological polar surface area (TPSA) is 79.5 Å². The molecule has 0 bridgehead atoms. The van der Waals surface area contributed by atoms with Gasteiger partial charge in [-0.1, -0.05) is 12.7 Å². The summed E-state index contributed by atoms with van der Waals surface area (Å²) in [4.78, 5) is 21.8. The summed E-state index contributed by atoms with van der Waals surface area (Å²) in [5.41, 5.74) is 4.95. The zero-order valence-electron chi connectivity index (χ0n) is 7.00. The molecule has 1 heterocycles. The average molecular weight is 185 g/mol. The Balaban J connectivity index is 2.26. The molecule has 0 spiro atoms. The van der Waals surface area contributed by atoms with E-state index in [9.17, 15) is 9.59 Å². The van der Waals surface area contributed by atoms with Gasteiger partial charge in [0.1, 0.15) is 12.6 Å². The number of carbonyl (C=O) groups is 2. The Morgan fingerprint density at radius 3 is 3.15 bits per heavy atom. The number of hydrogen-bond donors (Lipinski definition) is 3. The summed E-state index contributed by atoms with van der Waals surface area (Å²) in [6.07, 6.45) is 0.829. The quantitative estimate of drug-likeness (QED) is 0.488. The lowest BCUT2D eigenvalue weighted by atomic mass is 10.3. The number of amides is 2. The predicted molar refractivity (Wildman–Crippen MR) is 44.6 cm³/mol. The van der Waals surface area contributed by atoms with Crippen molar-refractivity contribution < 1.29 is 14.3 Å². The lowest BCUT2D eigenvalue weighted by Crippen LogP contribution is -2.41. The molecule has 1 rings (SSSR count). The first kappa shape index (κ1) is 9.53. The molecule has 0 aromatic carbocycles. The summed E-state index contributed by atoms with van der Waals surface area (Å²) in [6.45, 7) is 3.88. The number of ether oxygens (including phenoxy) is 1. The Kier molecular flexibility index (Phi) is 3.27. The van der Waals surface area contributed by atoms with Crippen molar-refractivity contribution in [2.45, 2.75) is 6.04 Å². The zero-order valence-corrected chi connectivity index (χ0v) is 7.00. The van der Waals surface area contributed by atoms with Gasteiger partial charge >= 0.3 is 6.09 Å². The fraction of sp³-hybridized carbons (Fsp3) is 0.429. The molecule has 0 aromatic rings. The van der Waals surface area contributed by atoms with E-state index >= 15 is 0 Å². The van der Waals surface area contributed by atoms with Gasteiger partial charge in [-0.3, -0.25) is 10.2 Å². The first-order valence-corrected chi connectivity index (χ1v) is 3.81. The number of nitrogens with one attached hydrogen (secondary N) is 3. The number of alkyl carbamates (subject to hydrolysis) is 1. The van der Waals surface area contributed by atoms with Gasteiger partial charge in [-0.25, -0.2) is 10.2 Å². The first-order chi connectivity index (χ1) is 6.24. The van der Waals surface area contributed by atoms with Gasteiger partial charge in [0.2, 0.25) is 0 Å². The summed E-state index contributed by atoms with van der Waals surface area (Å²) >= 11 is 0. The van der Waals surface area contributed by atoms with E-state index in [1.807, 2.05) is 0 Å². The second-order valence-corrected chi connectivity index (χ2v) is 2.45. The van der Waals surface area contributed by atoms with E-state index in [0.29, 0.717) is 6.54 Å². The van der Waals surface area contributed by atoms with Gasteiger partial charge in [0, 0.05) is 6.54 Å². The fourth-order valence-electron chi connectivity index (χ4n) is 0.855. The minimum atomic E-state index is -0.622. The minimum Gasteiger partial charge on any atom is -0.445 e. The molecule has 6 nitrogen and oxygen atoms in total. The van der Waals surface area contributed by atoms with Crippen LogP contribution >= 0.6 is 0 Å². The van der Waals surface area contributed by atoms with E-state index in [-0.39, 0.29) is 12.5 Å². The predicted octanol–water partition coefficient (Wildman–Crippen LogP) is -1.10. The Bertz CT molecular complexity index is 229. The summed E-state index contributed by atoms with van der Waals surface area (Å²) in [7, 11) is 0. The summed E-state index contributed by atoms with van der Waals surface area (Å²) in [5, 5.41) is 2.38. The van der Waals surface area contributed by atoms with Crippen LogP contribution < -0.4 is 16.2 Å². The zero-order chi connectivity index (χ0) is 9.68. The number of carbonyl (C=O) groups excluding carboxylic acids is 2. The van der Waals surface area contributed by atoms with Crippen LogP contribution in [0.2, 0.25) is 0 Å². The van der Waals surface area contributed by atoms with Gasteiger partial charge in [-0.15, -0.1) is 0 Å². The van der Waals surface area contributed by atoms with Gasteiger partial charge < -0.3 is 10.1 Å². The molecule has 0 aromatic heterocycles. The molecule has 0 saturated carbocycles. The van der Waals surface area contributed by atoms with E-state index in [1.54, 1.807) is 0 Å². The van der Waals surface area contributed by atoms with Crippen molar-refractivity contribution in [2.24, 2.45) is 0 Å². The summed E-state index contributed by atoms with van der Waals surface area (Å²) in [5.74, 6) is -0.268. The second kappa shape index (κ2) is 4.46. The molecule has 6 heteroatoms. The number of hydrogen-bond acceptors (Lipinski definition) is 4. The Morgan fingerprint density at radius 2 is 2.62 bits per heavy atom. The van der Waals surface area contributed by atoms with E-state index in [0.717, 1.165) is 0 Å². The third kappa shape index (κ3) is 2.75. The molecule has 72 valence electrons. The number of hydrazine groups is 1. The van der Waals surface area contributed by atoms with Crippen LogP contribution in [0.4, 0.5) is 4.79 Å². The fourth-order valence-corrected chi connectivity index (χ4v) is 0.855. The van der Waals surface area contributed by atoms with E-state index < -0.39 is 12.1 Å². The van der Waals surface area contributed by atoms with Crippen molar-refractivity contribution in [3.8, 4) is 0 Å². The molecule has 1 fully saturated rings. The van der Waals surface area contributed by atoms with Gasteiger partial charge in [-0.2, -0.15) is 0 Å². The maximum atomic E-state index is 10.9. The third-order valence-electron chi connectivity index (χ3n) is 1.46. The van der Waals surface area contributed by atoms with Crippen LogP contribution in [-0.4, -0.2) is 31.2 Å². The average Bonchev–Trinajstić information content (AvgIpc) is 2.48. The normalized spacial score (nSPS) is 20.6.